The van der Waals surface area contributed by atoms with E-state index in [9.17, 15) is 9.59 Å². The van der Waals surface area contributed by atoms with Crippen LogP contribution in [0.3, 0.4) is 0 Å². The highest BCUT2D eigenvalue weighted by Gasteiger charge is 2.32. The zero-order valence-electron chi connectivity index (χ0n) is 11.9. The summed E-state index contributed by atoms with van der Waals surface area (Å²) in [7, 11) is 0. The number of ketones is 1. The van der Waals surface area contributed by atoms with Gasteiger partial charge in [-0.15, -0.1) is 0 Å². The predicted octanol–water partition coefficient (Wildman–Crippen LogP) is 3.05. The third kappa shape index (κ3) is 4.67. The summed E-state index contributed by atoms with van der Waals surface area (Å²) in [5.74, 6) is 0.324. The summed E-state index contributed by atoms with van der Waals surface area (Å²) in [4.78, 5) is 23.8. The van der Waals surface area contributed by atoms with Gasteiger partial charge in [0.05, 0.1) is 6.04 Å². The van der Waals surface area contributed by atoms with Crippen molar-refractivity contribution in [2.75, 3.05) is 0 Å². The molecule has 1 aliphatic carbocycles. The first-order valence-electron chi connectivity index (χ1n) is 6.86. The van der Waals surface area contributed by atoms with E-state index in [0.29, 0.717) is 6.42 Å². The number of carbonyl (C=O) groups excluding carboxylic acids is 2. The van der Waals surface area contributed by atoms with Crippen molar-refractivity contribution < 1.29 is 14.3 Å². The smallest absolute Gasteiger partial charge is 0.408 e. The minimum Gasteiger partial charge on any atom is -0.444 e. The van der Waals surface area contributed by atoms with E-state index < -0.39 is 11.7 Å². The zero-order chi connectivity index (χ0) is 13.8. The maximum Gasteiger partial charge on any atom is 0.408 e. The molecule has 1 aliphatic rings. The minimum atomic E-state index is -0.527. The summed E-state index contributed by atoms with van der Waals surface area (Å²) in [5, 5.41) is 2.71. The Balaban J connectivity index is 2.51. The molecule has 1 rings (SSSR count). The van der Waals surface area contributed by atoms with Crippen molar-refractivity contribution >= 4 is 11.9 Å². The predicted molar refractivity (Wildman–Crippen MR) is 70.4 cm³/mol. The van der Waals surface area contributed by atoms with Crippen LogP contribution in [0.1, 0.15) is 59.8 Å². The Labute approximate surface area is 109 Å². The largest absolute Gasteiger partial charge is 0.444 e. The van der Waals surface area contributed by atoms with Crippen LogP contribution >= 0.6 is 0 Å². The van der Waals surface area contributed by atoms with Crippen molar-refractivity contribution in [2.45, 2.75) is 71.4 Å². The minimum absolute atomic E-state index is 0.150. The van der Waals surface area contributed by atoms with Gasteiger partial charge in [-0.2, -0.15) is 0 Å². The molecule has 4 nitrogen and oxygen atoms in total. The molecule has 0 bridgehead atoms. The second-order valence-electron chi connectivity index (χ2n) is 6.02. The van der Waals surface area contributed by atoms with Crippen LogP contribution in [-0.2, 0) is 9.53 Å². The van der Waals surface area contributed by atoms with Crippen LogP contribution in [0.4, 0.5) is 4.79 Å². The van der Waals surface area contributed by atoms with E-state index in [4.69, 9.17) is 4.74 Å². The molecular formula is C14H25NO3. The molecule has 1 fully saturated rings. The Morgan fingerprint density at radius 1 is 1.33 bits per heavy atom. The first-order chi connectivity index (χ1) is 8.33. The van der Waals surface area contributed by atoms with E-state index in [-0.39, 0.29) is 17.7 Å². The molecule has 0 aromatic heterocycles. The Bertz CT molecular complexity index is 303. The van der Waals surface area contributed by atoms with Crippen LogP contribution in [0.15, 0.2) is 0 Å². The highest BCUT2D eigenvalue weighted by atomic mass is 16.6. The van der Waals surface area contributed by atoms with Gasteiger partial charge in [0.1, 0.15) is 5.60 Å². The Morgan fingerprint density at radius 2 is 1.94 bits per heavy atom. The van der Waals surface area contributed by atoms with Crippen LogP contribution in [0, 0.1) is 5.92 Å². The fraction of sp³-hybridized carbons (Fsp3) is 0.857. The Morgan fingerprint density at radius 3 is 2.33 bits per heavy atom. The van der Waals surface area contributed by atoms with Gasteiger partial charge < -0.3 is 10.1 Å². The van der Waals surface area contributed by atoms with Crippen LogP contribution < -0.4 is 5.32 Å². The molecular weight excluding hydrogens is 230 g/mol. The molecule has 4 heteroatoms. The number of hydrogen-bond donors (Lipinski definition) is 1. The average molecular weight is 255 g/mol. The molecule has 0 aliphatic heterocycles. The van der Waals surface area contributed by atoms with Crippen molar-refractivity contribution in [1.82, 2.24) is 5.32 Å². The summed E-state index contributed by atoms with van der Waals surface area (Å²) >= 11 is 0. The van der Waals surface area contributed by atoms with E-state index >= 15 is 0 Å². The second-order valence-corrected chi connectivity index (χ2v) is 6.02. The third-order valence-corrected chi connectivity index (χ3v) is 3.12. The molecule has 1 amide bonds. The van der Waals surface area contributed by atoms with Crippen molar-refractivity contribution in [3.05, 3.63) is 0 Å². The van der Waals surface area contributed by atoms with Crippen LogP contribution in [0.2, 0.25) is 0 Å². The van der Waals surface area contributed by atoms with Crippen LogP contribution in [0.5, 0.6) is 0 Å². The lowest BCUT2D eigenvalue weighted by molar-refractivity contribution is -0.127. The lowest BCUT2D eigenvalue weighted by Crippen LogP contribution is -2.46. The normalized spacial score (nSPS) is 17.8. The average Bonchev–Trinajstić information content (AvgIpc) is 2.11. The molecule has 1 unspecified atom stereocenters. The number of hydrogen-bond acceptors (Lipinski definition) is 3. The Hall–Kier alpha value is -1.06. The topological polar surface area (TPSA) is 55.4 Å². The molecule has 18 heavy (non-hydrogen) atoms. The van der Waals surface area contributed by atoms with Crippen molar-refractivity contribution in [2.24, 2.45) is 5.92 Å². The number of amides is 1. The number of Topliss-reactive ketones (excluding diaryl/α,β-unsaturated/α-hetero) is 1. The maximum absolute atomic E-state index is 12.1. The number of carbonyl (C=O) groups is 2. The fourth-order valence-corrected chi connectivity index (χ4v) is 2.00. The van der Waals surface area contributed by atoms with E-state index in [0.717, 1.165) is 25.7 Å². The van der Waals surface area contributed by atoms with Gasteiger partial charge in [0.15, 0.2) is 5.78 Å². The molecule has 0 aromatic carbocycles. The first-order valence-corrected chi connectivity index (χ1v) is 6.86. The monoisotopic (exact) mass is 255 g/mol. The molecule has 1 saturated carbocycles. The number of rotatable bonds is 5. The maximum atomic E-state index is 12.1. The van der Waals surface area contributed by atoms with E-state index in [1.165, 1.54) is 0 Å². The van der Waals surface area contributed by atoms with Gasteiger partial charge in [-0.25, -0.2) is 4.79 Å². The molecule has 104 valence electrons. The van der Waals surface area contributed by atoms with Crippen LogP contribution in [0.25, 0.3) is 0 Å². The summed E-state index contributed by atoms with van der Waals surface area (Å²) in [6.07, 6.45) is 4.13. The van der Waals surface area contributed by atoms with E-state index in [1.807, 2.05) is 27.7 Å². The van der Waals surface area contributed by atoms with Gasteiger partial charge >= 0.3 is 6.09 Å². The lowest BCUT2D eigenvalue weighted by Gasteiger charge is -2.29. The zero-order valence-corrected chi connectivity index (χ0v) is 11.9. The Kier molecular flexibility index (Phi) is 5.17. The highest BCUT2D eigenvalue weighted by molar-refractivity contribution is 5.89. The molecule has 0 saturated heterocycles. The van der Waals surface area contributed by atoms with Crippen molar-refractivity contribution in [3.8, 4) is 0 Å². The first kappa shape index (κ1) is 15.0. The van der Waals surface area contributed by atoms with Gasteiger partial charge in [-0.3, -0.25) is 4.79 Å². The summed E-state index contributed by atoms with van der Waals surface area (Å²) in [5.41, 5.74) is -0.527. The van der Waals surface area contributed by atoms with Gasteiger partial charge in [0.25, 0.3) is 0 Å². The van der Waals surface area contributed by atoms with E-state index in [2.05, 4.69) is 5.32 Å². The van der Waals surface area contributed by atoms with Crippen molar-refractivity contribution in [3.63, 3.8) is 0 Å². The van der Waals surface area contributed by atoms with Gasteiger partial charge in [0, 0.05) is 5.92 Å². The fourth-order valence-electron chi connectivity index (χ4n) is 2.00. The molecule has 0 heterocycles. The molecule has 0 radical (unpaired) electrons. The lowest BCUT2D eigenvalue weighted by atomic mass is 9.79. The van der Waals surface area contributed by atoms with Crippen LogP contribution in [-0.4, -0.2) is 23.5 Å². The molecule has 1 N–H and O–H groups in total. The van der Waals surface area contributed by atoms with Crippen molar-refractivity contribution in [1.29, 1.82) is 0 Å². The van der Waals surface area contributed by atoms with Gasteiger partial charge in [-0.05, 0) is 40.0 Å². The van der Waals surface area contributed by atoms with E-state index in [1.54, 1.807) is 0 Å². The second kappa shape index (κ2) is 6.21. The SMILES string of the molecule is CCCC(NC(=O)OC(C)(C)C)C(=O)C1CCC1. The number of ether oxygens (including phenoxy) is 1. The summed E-state index contributed by atoms with van der Waals surface area (Å²) in [6.45, 7) is 7.46. The van der Waals surface area contributed by atoms with Gasteiger partial charge in [0.2, 0.25) is 0 Å². The molecule has 0 spiro atoms. The quantitative estimate of drug-likeness (QED) is 0.821. The summed E-state index contributed by atoms with van der Waals surface area (Å²) < 4.78 is 5.19. The highest BCUT2D eigenvalue weighted by Crippen LogP contribution is 2.28. The standard InChI is InChI=1S/C14H25NO3/c1-5-7-11(12(16)10-8-6-9-10)15-13(17)18-14(2,3)4/h10-11H,5-9H2,1-4H3,(H,15,17). The number of nitrogens with one attached hydrogen (secondary N) is 1. The molecule has 0 aromatic rings. The van der Waals surface area contributed by atoms with Gasteiger partial charge in [-0.1, -0.05) is 19.8 Å². The molecule has 1 atom stereocenters. The number of alkyl carbamates (subject to hydrolysis) is 1. The summed E-state index contributed by atoms with van der Waals surface area (Å²) in [6, 6.07) is -0.379. The third-order valence-electron chi connectivity index (χ3n) is 3.12.